The van der Waals surface area contributed by atoms with E-state index in [4.69, 9.17) is 9.47 Å². The molecular weight excluding hydrogens is 488 g/mol. The summed E-state index contributed by atoms with van der Waals surface area (Å²) in [6.07, 6.45) is 1.51. The smallest absolute Gasteiger partial charge is 0.325 e. The molecule has 2 aromatic rings. The van der Waals surface area contributed by atoms with Gasteiger partial charge in [0.25, 0.3) is 5.91 Å². The van der Waals surface area contributed by atoms with Crippen LogP contribution in [0, 0.1) is 11.3 Å². The van der Waals surface area contributed by atoms with Crippen molar-refractivity contribution >= 4 is 17.8 Å². The lowest BCUT2D eigenvalue weighted by Crippen LogP contribution is -2.41. The molecule has 210 valence electrons. The van der Waals surface area contributed by atoms with Crippen LogP contribution in [-0.4, -0.2) is 61.5 Å². The highest BCUT2D eigenvalue weighted by Crippen LogP contribution is 2.39. The Bertz CT molecular complexity index is 1090. The molecule has 1 aromatic heterocycles. The summed E-state index contributed by atoms with van der Waals surface area (Å²) >= 11 is 0. The Kier molecular flexibility index (Phi) is 11.2. The lowest BCUT2D eigenvalue weighted by molar-refractivity contribution is -0.141. The quantitative estimate of drug-likeness (QED) is 0.356. The zero-order valence-corrected chi connectivity index (χ0v) is 23.8. The van der Waals surface area contributed by atoms with Crippen molar-refractivity contribution in [3.63, 3.8) is 0 Å². The number of carbonyl (C=O) groups is 3. The summed E-state index contributed by atoms with van der Waals surface area (Å²) in [6.45, 7) is 10.8. The van der Waals surface area contributed by atoms with Gasteiger partial charge in [-0.2, -0.15) is 5.10 Å². The molecule has 0 radical (unpaired) electrons. The topological polar surface area (TPSA) is 121 Å². The van der Waals surface area contributed by atoms with E-state index in [-0.39, 0.29) is 41.8 Å². The number of hydrogen-bond acceptors (Lipinski definition) is 7. The predicted molar refractivity (Wildman–Crippen MR) is 145 cm³/mol. The van der Waals surface area contributed by atoms with E-state index in [1.54, 1.807) is 20.3 Å². The molecule has 2 amide bonds. The molecule has 10 heteroatoms. The van der Waals surface area contributed by atoms with E-state index in [0.717, 1.165) is 6.42 Å². The largest absolute Gasteiger partial charge is 0.496 e. The second-order valence-corrected chi connectivity index (χ2v) is 10.5. The normalized spacial score (nSPS) is 12.1. The van der Waals surface area contributed by atoms with Crippen molar-refractivity contribution in [1.29, 1.82) is 0 Å². The van der Waals surface area contributed by atoms with Gasteiger partial charge in [0.1, 0.15) is 18.0 Å². The van der Waals surface area contributed by atoms with Gasteiger partial charge in [0.15, 0.2) is 5.69 Å². The van der Waals surface area contributed by atoms with Crippen LogP contribution in [0.5, 0.6) is 11.5 Å². The third-order valence-electron chi connectivity index (χ3n) is 6.41. The lowest BCUT2D eigenvalue weighted by atomic mass is 9.90. The molecule has 0 unspecified atom stereocenters. The van der Waals surface area contributed by atoms with Crippen LogP contribution in [0.2, 0.25) is 0 Å². The fourth-order valence-corrected chi connectivity index (χ4v) is 4.03. The molecule has 1 aromatic carbocycles. The maximum absolute atomic E-state index is 13.4. The lowest BCUT2D eigenvalue weighted by Gasteiger charge is -2.24. The summed E-state index contributed by atoms with van der Waals surface area (Å²) in [5.41, 5.74) is 1.55. The first-order valence-corrected chi connectivity index (χ1v) is 12.9. The van der Waals surface area contributed by atoms with Gasteiger partial charge >= 0.3 is 5.97 Å². The molecule has 0 aliphatic heterocycles. The number of carbonyl (C=O) groups excluding carboxylic acids is 3. The third-order valence-corrected chi connectivity index (χ3v) is 6.41. The number of ether oxygens (including phenoxy) is 3. The van der Waals surface area contributed by atoms with Crippen LogP contribution < -0.4 is 20.1 Å². The van der Waals surface area contributed by atoms with Crippen LogP contribution in [0.4, 0.5) is 0 Å². The zero-order valence-electron chi connectivity index (χ0n) is 23.8. The first-order valence-electron chi connectivity index (χ1n) is 12.9. The first kappa shape index (κ1) is 30.7. The van der Waals surface area contributed by atoms with Gasteiger partial charge in [-0.15, -0.1) is 0 Å². The molecule has 38 heavy (non-hydrogen) atoms. The fourth-order valence-electron chi connectivity index (χ4n) is 4.03. The summed E-state index contributed by atoms with van der Waals surface area (Å²) in [5, 5.41) is 10.2. The summed E-state index contributed by atoms with van der Waals surface area (Å²) in [5.74, 6) is 0.154. The molecule has 0 bridgehead atoms. The van der Waals surface area contributed by atoms with Gasteiger partial charge in [-0.05, 0) is 42.4 Å². The van der Waals surface area contributed by atoms with Crippen molar-refractivity contribution in [3.05, 3.63) is 30.0 Å². The van der Waals surface area contributed by atoms with Crippen LogP contribution >= 0.6 is 0 Å². The van der Waals surface area contributed by atoms with Gasteiger partial charge in [-0.3, -0.25) is 19.1 Å². The van der Waals surface area contributed by atoms with E-state index in [1.807, 2.05) is 36.7 Å². The number of methoxy groups -OCH3 is 3. The molecule has 0 saturated carbocycles. The molecule has 0 saturated heterocycles. The van der Waals surface area contributed by atoms with Gasteiger partial charge in [-0.25, -0.2) is 0 Å². The number of hydrogen-bond donors (Lipinski definition) is 2. The van der Waals surface area contributed by atoms with Crippen molar-refractivity contribution in [2.45, 2.75) is 66.5 Å². The monoisotopic (exact) mass is 530 g/mol. The minimum absolute atomic E-state index is 0.0255. The van der Waals surface area contributed by atoms with Crippen LogP contribution in [0.25, 0.3) is 11.3 Å². The molecule has 10 nitrogen and oxygen atoms in total. The Hall–Kier alpha value is -3.56. The number of rotatable bonds is 14. The van der Waals surface area contributed by atoms with Crippen LogP contribution in [0.15, 0.2) is 24.3 Å². The van der Waals surface area contributed by atoms with Gasteiger partial charge in [0, 0.05) is 19.0 Å². The zero-order chi connectivity index (χ0) is 28.5. The summed E-state index contributed by atoms with van der Waals surface area (Å²) in [7, 11) is 4.43. The van der Waals surface area contributed by atoms with E-state index < -0.39 is 12.0 Å². The molecule has 1 atom stereocenters. The van der Waals surface area contributed by atoms with Crippen LogP contribution in [0.3, 0.4) is 0 Å². The van der Waals surface area contributed by atoms with Gasteiger partial charge in [-0.1, -0.05) is 40.7 Å². The molecule has 1 heterocycles. The van der Waals surface area contributed by atoms with Gasteiger partial charge in [0.05, 0.1) is 32.6 Å². The molecule has 2 rings (SSSR count). The average Bonchev–Trinajstić information content (AvgIpc) is 3.28. The molecule has 0 aliphatic rings. The van der Waals surface area contributed by atoms with Crippen molar-refractivity contribution < 1.29 is 28.6 Å². The predicted octanol–water partition coefficient (Wildman–Crippen LogP) is 3.83. The van der Waals surface area contributed by atoms with Gasteiger partial charge < -0.3 is 24.8 Å². The highest BCUT2D eigenvalue weighted by molar-refractivity contribution is 5.94. The minimum atomic E-state index is -0.539. The van der Waals surface area contributed by atoms with Crippen molar-refractivity contribution in [2.75, 3.05) is 27.9 Å². The van der Waals surface area contributed by atoms with Crippen molar-refractivity contribution in [2.24, 2.45) is 11.3 Å². The molecule has 0 aliphatic carbocycles. The third kappa shape index (κ3) is 8.49. The molecular formula is C28H42N4O6. The van der Waals surface area contributed by atoms with E-state index in [9.17, 15) is 14.4 Å². The minimum Gasteiger partial charge on any atom is -0.496 e. The maximum atomic E-state index is 13.4. The van der Waals surface area contributed by atoms with E-state index in [0.29, 0.717) is 35.7 Å². The van der Waals surface area contributed by atoms with Crippen molar-refractivity contribution in [1.82, 2.24) is 20.4 Å². The number of esters is 1. The Balaban J connectivity index is 2.41. The Morgan fingerprint density at radius 1 is 1.08 bits per heavy atom. The highest BCUT2D eigenvalue weighted by Gasteiger charge is 2.27. The Labute approximate surface area is 225 Å². The molecule has 0 fully saturated rings. The van der Waals surface area contributed by atoms with Crippen LogP contribution in [-0.2, 0) is 20.9 Å². The highest BCUT2D eigenvalue weighted by atomic mass is 16.5. The maximum Gasteiger partial charge on any atom is 0.325 e. The van der Waals surface area contributed by atoms with Crippen molar-refractivity contribution in [3.8, 4) is 22.8 Å². The standard InChI is InChI=1S/C28H42N4O6/c1-9-28(4,5)17-32-21(26-22(36-6)11-10-12-23(26)37-7)15-20(31-32)27(35)30-19(13-18(2)3)14-24(33)29-16-25(34)38-8/h10-12,15,18-19H,9,13-14,16-17H2,1-8H3,(H,29,33)(H,30,35)/t19-/m0/s1. The number of benzene rings is 1. The summed E-state index contributed by atoms with van der Waals surface area (Å²) in [4.78, 5) is 37.2. The number of nitrogens with one attached hydrogen (secondary N) is 2. The Morgan fingerprint density at radius 2 is 1.71 bits per heavy atom. The summed E-state index contributed by atoms with van der Waals surface area (Å²) in [6, 6.07) is 6.80. The van der Waals surface area contributed by atoms with E-state index >= 15 is 0 Å². The van der Waals surface area contributed by atoms with Gasteiger partial charge in [0.2, 0.25) is 5.91 Å². The van der Waals surface area contributed by atoms with E-state index in [1.165, 1.54) is 7.11 Å². The number of nitrogens with zero attached hydrogens (tertiary/aromatic N) is 2. The Morgan fingerprint density at radius 3 is 2.24 bits per heavy atom. The number of amides is 2. The second kappa shape index (κ2) is 13.8. The first-order chi connectivity index (χ1) is 17.9. The SMILES string of the molecule is CCC(C)(C)Cn1nc(C(=O)N[C@H](CC(=O)NCC(=O)OC)CC(C)C)cc1-c1c(OC)cccc1OC. The number of aromatic nitrogens is 2. The average molecular weight is 531 g/mol. The molecule has 2 N–H and O–H groups in total. The fraction of sp³-hybridized carbons (Fsp3) is 0.571. The second-order valence-electron chi connectivity index (χ2n) is 10.5. The van der Waals surface area contributed by atoms with E-state index in [2.05, 4.69) is 41.2 Å². The summed E-state index contributed by atoms with van der Waals surface area (Å²) < 4.78 is 17.6. The van der Waals surface area contributed by atoms with Crippen LogP contribution in [0.1, 0.15) is 64.4 Å². The molecule has 0 spiro atoms.